The first-order chi connectivity index (χ1) is 16.5. The molecule has 0 bridgehead atoms. The lowest BCUT2D eigenvalue weighted by Gasteiger charge is -2.16. The summed E-state index contributed by atoms with van der Waals surface area (Å²) in [5.41, 5.74) is 2.32. The molecular formula is C26H24FN3O3S. The van der Waals surface area contributed by atoms with E-state index in [1.54, 1.807) is 7.11 Å². The number of imide groups is 1. The van der Waals surface area contributed by atoms with Crippen LogP contribution in [0.3, 0.4) is 0 Å². The number of nitrogens with zero attached hydrogens (tertiary/aromatic N) is 2. The fourth-order valence-corrected chi connectivity index (χ4v) is 4.57. The maximum atomic E-state index is 13.3. The number of carbonyl (C=O) groups excluding carboxylic acids is 2. The second kappa shape index (κ2) is 11.0. The molecule has 0 spiro atoms. The van der Waals surface area contributed by atoms with Crippen LogP contribution in [0, 0.1) is 5.82 Å². The number of amides is 2. The fraction of sp³-hybridized carbons (Fsp3) is 0.192. The summed E-state index contributed by atoms with van der Waals surface area (Å²) < 4.78 is 18.5. The third-order valence-electron chi connectivity index (χ3n) is 5.28. The summed E-state index contributed by atoms with van der Waals surface area (Å²) >= 11 is 1.23. The monoisotopic (exact) mass is 477 g/mol. The number of nitrogens with one attached hydrogen (secondary N) is 1. The molecule has 0 saturated carbocycles. The van der Waals surface area contributed by atoms with E-state index in [0.29, 0.717) is 23.8 Å². The number of thioether (sulfide) groups is 1. The molecule has 1 atom stereocenters. The Bertz CT molecular complexity index is 1170. The second-order valence-electron chi connectivity index (χ2n) is 7.63. The van der Waals surface area contributed by atoms with E-state index in [1.807, 2.05) is 54.6 Å². The van der Waals surface area contributed by atoms with Crippen LogP contribution in [-0.2, 0) is 16.0 Å². The van der Waals surface area contributed by atoms with E-state index < -0.39 is 11.1 Å². The van der Waals surface area contributed by atoms with Crippen LogP contribution in [0.25, 0.3) is 0 Å². The highest BCUT2D eigenvalue weighted by Gasteiger charge is 2.40. The van der Waals surface area contributed by atoms with Crippen LogP contribution in [0.4, 0.5) is 15.8 Å². The number of benzene rings is 3. The van der Waals surface area contributed by atoms with Crippen LogP contribution in [0.2, 0.25) is 0 Å². The molecular weight excluding hydrogens is 453 g/mol. The first kappa shape index (κ1) is 23.5. The van der Waals surface area contributed by atoms with Gasteiger partial charge < -0.3 is 10.1 Å². The standard InChI is InChI=1S/C26H24FN3O3S/c1-33-22-13-7-18(8-14-22)15-16-28-26(29-20-5-3-2-4-6-20)34-23-17-24(31)30(25(23)32)21-11-9-19(27)10-12-21/h2-14,23H,15-17H2,1H3,(H,28,29)/t23-/m0/s1. The average Bonchev–Trinajstić information content (AvgIpc) is 3.13. The minimum Gasteiger partial charge on any atom is -0.497 e. The van der Waals surface area contributed by atoms with Gasteiger partial charge in [-0.15, -0.1) is 0 Å². The molecule has 3 aromatic carbocycles. The number of rotatable bonds is 7. The van der Waals surface area contributed by atoms with Gasteiger partial charge in [0.05, 0.1) is 12.8 Å². The van der Waals surface area contributed by atoms with Crippen molar-refractivity contribution in [3.8, 4) is 5.75 Å². The molecule has 1 heterocycles. The largest absolute Gasteiger partial charge is 0.497 e. The maximum absolute atomic E-state index is 13.3. The first-order valence-electron chi connectivity index (χ1n) is 10.8. The van der Waals surface area contributed by atoms with Crippen LogP contribution in [0.15, 0.2) is 83.9 Å². The molecule has 0 aliphatic carbocycles. The molecule has 0 unspecified atom stereocenters. The Hall–Kier alpha value is -3.65. The zero-order chi connectivity index (χ0) is 23.9. The fourth-order valence-electron chi connectivity index (χ4n) is 3.52. The van der Waals surface area contributed by atoms with Crippen LogP contribution < -0.4 is 15.0 Å². The normalized spacial score (nSPS) is 16.1. The third-order valence-corrected chi connectivity index (χ3v) is 6.39. The van der Waals surface area contributed by atoms with Crippen molar-refractivity contribution in [1.82, 2.24) is 0 Å². The highest BCUT2D eigenvalue weighted by atomic mass is 32.2. The summed E-state index contributed by atoms with van der Waals surface area (Å²) in [5.74, 6) is -0.276. The second-order valence-corrected chi connectivity index (χ2v) is 8.82. The maximum Gasteiger partial charge on any atom is 0.247 e. The molecule has 1 N–H and O–H groups in total. The van der Waals surface area contributed by atoms with Gasteiger partial charge in [0, 0.05) is 18.7 Å². The van der Waals surface area contributed by atoms with Gasteiger partial charge in [0.2, 0.25) is 11.8 Å². The Morgan fingerprint density at radius 3 is 2.44 bits per heavy atom. The minimum atomic E-state index is -0.617. The number of hydrogen-bond donors (Lipinski definition) is 1. The zero-order valence-electron chi connectivity index (χ0n) is 18.6. The lowest BCUT2D eigenvalue weighted by molar-refractivity contribution is -0.121. The van der Waals surface area contributed by atoms with E-state index in [0.717, 1.165) is 21.9 Å². The number of ether oxygens (including phenoxy) is 1. The van der Waals surface area contributed by atoms with E-state index in [9.17, 15) is 14.0 Å². The Balaban J connectivity index is 1.48. The summed E-state index contributed by atoms with van der Waals surface area (Å²) in [4.78, 5) is 31.5. The summed E-state index contributed by atoms with van der Waals surface area (Å²) in [7, 11) is 1.63. The minimum absolute atomic E-state index is 0.0504. The van der Waals surface area contributed by atoms with Crippen molar-refractivity contribution in [3.05, 3.63) is 90.2 Å². The van der Waals surface area contributed by atoms with Crippen molar-refractivity contribution < 1.29 is 18.7 Å². The quantitative estimate of drug-likeness (QED) is 0.297. The number of anilines is 2. The summed E-state index contributed by atoms with van der Waals surface area (Å²) in [6.07, 6.45) is 0.763. The predicted octanol–water partition coefficient (Wildman–Crippen LogP) is 4.91. The highest BCUT2D eigenvalue weighted by Crippen LogP contribution is 2.31. The highest BCUT2D eigenvalue weighted by molar-refractivity contribution is 8.15. The van der Waals surface area contributed by atoms with Crippen molar-refractivity contribution in [2.75, 3.05) is 23.9 Å². The van der Waals surface area contributed by atoms with Gasteiger partial charge in [-0.05, 0) is 60.5 Å². The van der Waals surface area contributed by atoms with Crippen molar-refractivity contribution in [2.45, 2.75) is 18.1 Å². The van der Waals surface area contributed by atoms with Gasteiger partial charge in [-0.2, -0.15) is 0 Å². The van der Waals surface area contributed by atoms with Gasteiger partial charge in [0.1, 0.15) is 16.8 Å². The van der Waals surface area contributed by atoms with Crippen LogP contribution >= 0.6 is 11.8 Å². The summed E-state index contributed by atoms with van der Waals surface area (Å²) in [6.45, 7) is 0.505. The number of methoxy groups -OCH3 is 1. The Morgan fingerprint density at radius 1 is 1.06 bits per heavy atom. The topological polar surface area (TPSA) is 71.0 Å². The number of aliphatic imine (C=N–C) groups is 1. The van der Waals surface area contributed by atoms with Gasteiger partial charge in [0.15, 0.2) is 5.17 Å². The molecule has 174 valence electrons. The van der Waals surface area contributed by atoms with Gasteiger partial charge >= 0.3 is 0 Å². The molecule has 6 nitrogen and oxygen atoms in total. The smallest absolute Gasteiger partial charge is 0.247 e. The van der Waals surface area contributed by atoms with E-state index in [2.05, 4.69) is 5.32 Å². The summed E-state index contributed by atoms with van der Waals surface area (Å²) in [6, 6.07) is 22.7. The average molecular weight is 478 g/mol. The number of hydrogen-bond acceptors (Lipinski definition) is 5. The van der Waals surface area contributed by atoms with Gasteiger partial charge in [-0.25, -0.2) is 9.29 Å². The molecule has 4 rings (SSSR count). The van der Waals surface area contributed by atoms with Crippen molar-refractivity contribution in [2.24, 2.45) is 4.99 Å². The molecule has 34 heavy (non-hydrogen) atoms. The SMILES string of the molecule is COc1ccc(CCN=C(Nc2ccccc2)S[C@H]2CC(=O)N(c3ccc(F)cc3)C2=O)cc1. The van der Waals surface area contributed by atoms with Gasteiger partial charge in [-0.1, -0.05) is 42.1 Å². The number of amidine groups is 1. The molecule has 2 amide bonds. The molecule has 3 aromatic rings. The van der Waals surface area contributed by atoms with Crippen LogP contribution in [0.5, 0.6) is 5.75 Å². The van der Waals surface area contributed by atoms with Crippen molar-refractivity contribution >= 4 is 40.1 Å². The Kier molecular flexibility index (Phi) is 7.59. The Labute approximate surface area is 201 Å². The number of carbonyl (C=O) groups is 2. The van der Waals surface area contributed by atoms with Crippen LogP contribution in [0.1, 0.15) is 12.0 Å². The first-order valence-corrected chi connectivity index (χ1v) is 11.7. The molecule has 1 saturated heterocycles. The van der Waals surface area contributed by atoms with E-state index in [1.165, 1.54) is 36.0 Å². The summed E-state index contributed by atoms with van der Waals surface area (Å²) in [5, 5.41) is 3.21. The molecule has 0 radical (unpaired) electrons. The predicted molar refractivity (Wildman–Crippen MR) is 134 cm³/mol. The lowest BCUT2D eigenvalue weighted by atomic mass is 10.1. The van der Waals surface area contributed by atoms with Crippen LogP contribution in [-0.4, -0.2) is 35.9 Å². The number of para-hydroxylation sites is 1. The van der Waals surface area contributed by atoms with E-state index in [-0.39, 0.29) is 18.2 Å². The lowest BCUT2D eigenvalue weighted by Crippen LogP contribution is -2.31. The molecule has 8 heteroatoms. The van der Waals surface area contributed by atoms with Gasteiger partial charge in [-0.3, -0.25) is 14.6 Å². The van der Waals surface area contributed by atoms with Crippen molar-refractivity contribution in [3.63, 3.8) is 0 Å². The number of halogens is 1. The van der Waals surface area contributed by atoms with E-state index in [4.69, 9.17) is 9.73 Å². The van der Waals surface area contributed by atoms with Gasteiger partial charge in [0.25, 0.3) is 0 Å². The van der Waals surface area contributed by atoms with Crippen molar-refractivity contribution in [1.29, 1.82) is 0 Å². The molecule has 0 aromatic heterocycles. The van der Waals surface area contributed by atoms with E-state index >= 15 is 0 Å². The molecule has 1 aliphatic rings. The Morgan fingerprint density at radius 2 is 1.76 bits per heavy atom. The molecule has 1 aliphatic heterocycles. The third kappa shape index (κ3) is 5.82. The zero-order valence-corrected chi connectivity index (χ0v) is 19.4. The molecule has 1 fully saturated rings.